The molecule has 0 aromatic heterocycles. The van der Waals surface area contributed by atoms with Crippen molar-refractivity contribution < 1.29 is 9.90 Å². The lowest BCUT2D eigenvalue weighted by Gasteiger charge is -2.37. The molecular formula is C14H20N2O2. The van der Waals surface area contributed by atoms with E-state index in [2.05, 4.69) is 0 Å². The predicted octanol–water partition coefficient (Wildman–Crippen LogP) is 1.18. The van der Waals surface area contributed by atoms with Gasteiger partial charge in [0.1, 0.15) is 0 Å². The average Bonchev–Trinajstić information content (AvgIpc) is 2.29. The highest BCUT2D eigenvalue weighted by Gasteiger charge is 2.28. The van der Waals surface area contributed by atoms with Gasteiger partial charge in [-0.05, 0) is 30.9 Å². The molecule has 1 saturated carbocycles. The second kappa shape index (κ2) is 5.87. The fourth-order valence-corrected chi connectivity index (χ4v) is 2.28. The van der Waals surface area contributed by atoms with Gasteiger partial charge in [0.15, 0.2) is 0 Å². The average molecular weight is 248 g/mol. The van der Waals surface area contributed by atoms with Gasteiger partial charge < -0.3 is 15.7 Å². The van der Waals surface area contributed by atoms with Crippen LogP contribution in [-0.2, 0) is 11.2 Å². The molecule has 0 radical (unpaired) electrons. The van der Waals surface area contributed by atoms with Gasteiger partial charge in [0.25, 0.3) is 0 Å². The van der Waals surface area contributed by atoms with Crippen LogP contribution < -0.4 is 5.73 Å². The number of rotatable bonds is 5. The number of carbonyl (C=O) groups excluding carboxylic acids is 1. The number of benzene rings is 1. The Morgan fingerprint density at radius 2 is 2.11 bits per heavy atom. The number of nitrogen functional groups attached to an aromatic ring is 1. The van der Waals surface area contributed by atoms with Crippen LogP contribution in [0.1, 0.15) is 24.8 Å². The minimum absolute atomic E-state index is 0.0203. The first kappa shape index (κ1) is 12.9. The van der Waals surface area contributed by atoms with Crippen LogP contribution in [0, 0.1) is 0 Å². The summed E-state index contributed by atoms with van der Waals surface area (Å²) in [7, 11) is 0. The SMILES string of the molecule is Nc1ccccc1CC(=O)N(CCO)C1CCC1. The van der Waals surface area contributed by atoms with Crippen molar-refractivity contribution in [3.8, 4) is 0 Å². The smallest absolute Gasteiger partial charge is 0.227 e. The molecule has 18 heavy (non-hydrogen) atoms. The molecule has 0 atom stereocenters. The molecule has 1 aliphatic rings. The summed E-state index contributed by atoms with van der Waals surface area (Å²) in [6, 6.07) is 7.75. The third-order valence-corrected chi connectivity index (χ3v) is 3.57. The molecule has 0 bridgehead atoms. The molecule has 1 aromatic carbocycles. The number of hydrogen-bond acceptors (Lipinski definition) is 3. The maximum Gasteiger partial charge on any atom is 0.227 e. The standard InChI is InChI=1S/C14H20N2O2/c15-13-7-2-1-4-11(13)10-14(18)16(8-9-17)12-5-3-6-12/h1-2,4,7,12,17H,3,5-6,8-10,15H2. The van der Waals surface area contributed by atoms with Gasteiger partial charge in [-0.2, -0.15) is 0 Å². The third kappa shape index (κ3) is 2.82. The summed E-state index contributed by atoms with van der Waals surface area (Å²) < 4.78 is 0. The number of para-hydroxylation sites is 1. The Balaban J connectivity index is 2.02. The van der Waals surface area contributed by atoms with Crippen molar-refractivity contribution in [3.63, 3.8) is 0 Å². The maximum atomic E-state index is 12.2. The highest BCUT2D eigenvalue weighted by molar-refractivity contribution is 5.80. The molecule has 0 heterocycles. The summed E-state index contributed by atoms with van der Waals surface area (Å²) in [5.41, 5.74) is 7.37. The number of amides is 1. The minimum atomic E-state index is 0.0203. The van der Waals surface area contributed by atoms with Gasteiger partial charge in [-0.1, -0.05) is 18.2 Å². The zero-order valence-corrected chi connectivity index (χ0v) is 10.5. The van der Waals surface area contributed by atoms with E-state index < -0.39 is 0 Å². The van der Waals surface area contributed by atoms with Crippen molar-refractivity contribution >= 4 is 11.6 Å². The second-order valence-electron chi connectivity index (χ2n) is 4.77. The van der Waals surface area contributed by atoms with Crippen molar-refractivity contribution in [1.82, 2.24) is 4.90 Å². The number of aliphatic hydroxyl groups is 1. The van der Waals surface area contributed by atoms with E-state index in [1.807, 2.05) is 24.3 Å². The van der Waals surface area contributed by atoms with Crippen LogP contribution in [0.2, 0.25) is 0 Å². The van der Waals surface area contributed by atoms with Crippen molar-refractivity contribution in [2.75, 3.05) is 18.9 Å². The summed E-state index contributed by atoms with van der Waals surface area (Å²) in [6.07, 6.45) is 3.60. The van der Waals surface area contributed by atoms with Crippen molar-refractivity contribution in [2.24, 2.45) is 0 Å². The van der Waals surface area contributed by atoms with E-state index in [-0.39, 0.29) is 12.5 Å². The molecule has 3 N–H and O–H groups in total. The van der Waals surface area contributed by atoms with Gasteiger partial charge in [-0.25, -0.2) is 0 Å². The topological polar surface area (TPSA) is 66.6 Å². The second-order valence-corrected chi connectivity index (χ2v) is 4.77. The van der Waals surface area contributed by atoms with E-state index in [0.717, 1.165) is 18.4 Å². The number of aliphatic hydroxyl groups excluding tert-OH is 1. The van der Waals surface area contributed by atoms with Gasteiger partial charge >= 0.3 is 0 Å². The number of anilines is 1. The Morgan fingerprint density at radius 1 is 1.39 bits per heavy atom. The lowest BCUT2D eigenvalue weighted by Crippen LogP contribution is -2.46. The highest BCUT2D eigenvalue weighted by atomic mass is 16.3. The van der Waals surface area contributed by atoms with Crippen molar-refractivity contribution in [1.29, 1.82) is 0 Å². The first-order chi connectivity index (χ1) is 8.72. The van der Waals surface area contributed by atoms with Gasteiger partial charge in [-0.15, -0.1) is 0 Å². The number of carbonyl (C=O) groups is 1. The Bertz CT molecular complexity index is 416. The summed E-state index contributed by atoms with van der Waals surface area (Å²) in [6.45, 7) is 0.447. The monoisotopic (exact) mass is 248 g/mol. The summed E-state index contributed by atoms with van der Waals surface area (Å²) in [5.74, 6) is 0.0617. The molecule has 2 rings (SSSR count). The largest absolute Gasteiger partial charge is 0.398 e. The van der Waals surface area contributed by atoms with E-state index >= 15 is 0 Å². The Labute approximate surface area is 107 Å². The van der Waals surface area contributed by atoms with Gasteiger partial charge in [0.05, 0.1) is 13.0 Å². The molecule has 1 amide bonds. The molecule has 0 unspecified atom stereocenters. The number of nitrogens with zero attached hydrogens (tertiary/aromatic N) is 1. The van der Waals surface area contributed by atoms with Crippen LogP contribution in [-0.4, -0.2) is 35.1 Å². The fraction of sp³-hybridized carbons (Fsp3) is 0.500. The molecule has 0 saturated heterocycles. The summed E-state index contributed by atoms with van der Waals surface area (Å²) >= 11 is 0. The first-order valence-corrected chi connectivity index (χ1v) is 6.46. The van der Waals surface area contributed by atoms with Crippen LogP contribution in [0.3, 0.4) is 0 Å². The van der Waals surface area contributed by atoms with Crippen LogP contribution in [0.4, 0.5) is 5.69 Å². The predicted molar refractivity (Wildman–Crippen MR) is 71.0 cm³/mol. The molecule has 1 aromatic rings. The highest BCUT2D eigenvalue weighted by Crippen LogP contribution is 2.25. The zero-order valence-electron chi connectivity index (χ0n) is 10.5. The Morgan fingerprint density at radius 3 is 2.67 bits per heavy atom. The molecule has 4 nitrogen and oxygen atoms in total. The molecule has 1 fully saturated rings. The van der Waals surface area contributed by atoms with E-state index in [9.17, 15) is 4.79 Å². The van der Waals surface area contributed by atoms with E-state index in [4.69, 9.17) is 10.8 Å². The maximum absolute atomic E-state index is 12.2. The van der Waals surface area contributed by atoms with Crippen LogP contribution >= 0.6 is 0 Å². The molecule has 98 valence electrons. The molecule has 4 heteroatoms. The molecule has 0 spiro atoms. The molecular weight excluding hydrogens is 228 g/mol. The fourth-order valence-electron chi connectivity index (χ4n) is 2.28. The van der Waals surface area contributed by atoms with Crippen molar-refractivity contribution in [2.45, 2.75) is 31.7 Å². The minimum Gasteiger partial charge on any atom is -0.398 e. The van der Waals surface area contributed by atoms with E-state index in [1.165, 1.54) is 6.42 Å². The Kier molecular flexibility index (Phi) is 4.20. The number of hydrogen-bond donors (Lipinski definition) is 2. The van der Waals surface area contributed by atoms with E-state index in [1.54, 1.807) is 4.90 Å². The van der Waals surface area contributed by atoms with Crippen LogP contribution in [0.5, 0.6) is 0 Å². The normalized spacial score (nSPS) is 15.2. The summed E-state index contributed by atoms with van der Waals surface area (Å²) in [5, 5.41) is 9.06. The zero-order chi connectivity index (χ0) is 13.0. The van der Waals surface area contributed by atoms with E-state index in [0.29, 0.717) is 24.7 Å². The Hall–Kier alpha value is -1.55. The summed E-state index contributed by atoms with van der Waals surface area (Å²) in [4.78, 5) is 14.0. The lowest BCUT2D eigenvalue weighted by molar-refractivity contribution is -0.135. The third-order valence-electron chi connectivity index (χ3n) is 3.57. The first-order valence-electron chi connectivity index (χ1n) is 6.46. The molecule has 1 aliphatic carbocycles. The number of nitrogens with two attached hydrogens (primary N) is 1. The van der Waals surface area contributed by atoms with Gasteiger partial charge in [0, 0.05) is 18.3 Å². The van der Waals surface area contributed by atoms with Crippen LogP contribution in [0.15, 0.2) is 24.3 Å². The van der Waals surface area contributed by atoms with Gasteiger partial charge in [0.2, 0.25) is 5.91 Å². The van der Waals surface area contributed by atoms with Crippen molar-refractivity contribution in [3.05, 3.63) is 29.8 Å². The lowest BCUT2D eigenvalue weighted by atomic mass is 9.91. The quantitative estimate of drug-likeness (QED) is 0.769. The molecule has 0 aliphatic heterocycles. The van der Waals surface area contributed by atoms with Gasteiger partial charge in [-0.3, -0.25) is 4.79 Å². The van der Waals surface area contributed by atoms with Crippen LogP contribution in [0.25, 0.3) is 0 Å².